The van der Waals surface area contributed by atoms with Crippen molar-refractivity contribution in [3.8, 4) is 5.75 Å². The van der Waals surface area contributed by atoms with Crippen molar-refractivity contribution in [2.24, 2.45) is 0 Å². The Hall–Kier alpha value is -2.15. The number of nitrogens with zero attached hydrogens (tertiary/aromatic N) is 2. The fraction of sp³-hybridized carbons (Fsp3) is 0.500. The van der Waals surface area contributed by atoms with Gasteiger partial charge in [0.1, 0.15) is 11.4 Å². The number of methoxy groups -OCH3 is 1. The lowest BCUT2D eigenvalue weighted by Gasteiger charge is -2.38. The van der Waals surface area contributed by atoms with Crippen molar-refractivity contribution in [2.45, 2.75) is 18.4 Å². The molecule has 2 heterocycles. The van der Waals surface area contributed by atoms with E-state index in [0.29, 0.717) is 36.1 Å². The van der Waals surface area contributed by atoms with E-state index >= 15 is 0 Å². The number of nitrogens with one attached hydrogen (secondary N) is 1. The fourth-order valence-corrected chi connectivity index (χ4v) is 3.42. The van der Waals surface area contributed by atoms with Crippen molar-refractivity contribution in [3.63, 3.8) is 0 Å². The van der Waals surface area contributed by atoms with E-state index in [1.54, 1.807) is 35.0 Å². The highest BCUT2D eigenvalue weighted by Crippen LogP contribution is 2.32. The Morgan fingerprint density at radius 1 is 1.42 bits per heavy atom. The second-order valence-electron chi connectivity index (χ2n) is 6.21. The number of rotatable bonds is 2. The molecular weight excluding hydrogens is 334 g/mol. The predicted molar refractivity (Wildman–Crippen MR) is 89.7 cm³/mol. The van der Waals surface area contributed by atoms with Gasteiger partial charge in [0.05, 0.1) is 25.9 Å². The first-order chi connectivity index (χ1) is 11.4. The molecule has 1 spiro atoms. The zero-order valence-corrected chi connectivity index (χ0v) is 14.4. The summed E-state index contributed by atoms with van der Waals surface area (Å²) in [4.78, 5) is 27.5. The number of likely N-dealkylation sites (N-methyl/N-ethyl adjacent to an activating group) is 1. The smallest absolute Gasteiger partial charge is 0.410 e. The Morgan fingerprint density at radius 3 is 2.88 bits per heavy atom. The molecule has 0 aromatic heterocycles. The van der Waals surface area contributed by atoms with E-state index in [-0.39, 0.29) is 12.1 Å². The maximum Gasteiger partial charge on any atom is 0.410 e. The molecule has 0 unspecified atom stereocenters. The molecular formula is C16H20ClN3O4. The topological polar surface area (TPSA) is 71.1 Å². The molecule has 2 fully saturated rings. The number of carbonyl (C=O) groups excluding carboxylic acids is 2. The Kier molecular flexibility index (Phi) is 4.45. The van der Waals surface area contributed by atoms with Crippen molar-refractivity contribution >= 4 is 29.4 Å². The lowest BCUT2D eigenvalue weighted by atomic mass is 9.93. The third kappa shape index (κ3) is 3.21. The highest BCUT2D eigenvalue weighted by atomic mass is 35.5. The minimum Gasteiger partial charge on any atom is -0.495 e. The second-order valence-corrected chi connectivity index (χ2v) is 6.64. The summed E-state index contributed by atoms with van der Waals surface area (Å²) in [6.07, 6.45) is 1.20. The van der Waals surface area contributed by atoms with E-state index in [1.165, 1.54) is 7.11 Å². The maximum atomic E-state index is 12.6. The molecule has 2 saturated heterocycles. The van der Waals surface area contributed by atoms with Crippen molar-refractivity contribution in [1.82, 2.24) is 9.80 Å². The van der Waals surface area contributed by atoms with Gasteiger partial charge in [0.2, 0.25) is 0 Å². The lowest BCUT2D eigenvalue weighted by molar-refractivity contribution is 0.00497. The van der Waals surface area contributed by atoms with E-state index in [2.05, 4.69) is 5.32 Å². The van der Waals surface area contributed by atoms with Crippen molar-refractivity contribution < 1.29 is 19.1 Å². The fourth-order valence-electron chi connectivity index (χ4n) is 3.25. The third-order valence-electron chi connectivity index (χ3n) is 4.37. The number of amides is 3. The molecule has 2 aliphatic heterocycles. The lowest BCUT2D eigenvalue weighted by Crippen LogP contribution is -2.53. The van der Waals surface area contributed by atoms with E-state index in [9.17, 15) is 9.59 Å². The highest BCUT2D eigenvalue weighted by molar-refractivity contribution is 6.31. The van der Waals surface area contributed by atoms with E-state index < -0.39 is 5.60 Å². The van der Waals surface area contributed by atoms with Crippen molar-refractivity contribution in [1.29, 1.82) is 0 Å². The summed E-state index contributed by atoms with van der Waals surface area (Å²) in [6.45, 7) is 1.48. The van der Waals surface area contributed by atoms with Crippen LogP contribution >= 0.6 is 11.6 Å². The summed E-state index contributed by atoms with van der Waals surface area (Å²) in [5, 5.41) is 3.33. The molecule has 3 amide bonds. The normalized spacial score (nSPS) is 23.4. The first kappa shape index (κ1) is 16.7. The number of benzene rings is 1. The Bertz CT molecular complexity index is 669. The van der Waals surface area contributed by atoms with Crippen LogP contribution < -0.4 is 10.1 Å². The Labute approximate surface area is 145 Å². The molecule has 1 N–H and O–H groups in total. The van der Waals surface area contributed by atoms with Gasteiger partial charge in [-0.1, -0.05) is 11.6 Å². The van der Waals surface area contributed by atoms with Gasteiger partial charge in [0.15, 0.2) is 0 Å². The quantitative estimate of drug-likeness (QED) is 0.887. The minimum absolute atomic E-state index is 0.264. The van der Waals surface area contributed by atoms with Gasteiger partial charge in [-0.25, -0.2) is 9.59 Å². The van der Waals surface area contributed by atoms with Crippen LogP contribution in [-0.2, 0) is 4.74 Å². The average Bonchev–Trinajstić information content (AvgIpc) is 2.81. The zero-order chi connectivity index (χ0) is 17.3. The number of ether oxygens (including phenoxy) is 2. The molecule has 0 aliphatic carbocycles. The van der Waals surface area contributed by atoms with Crippen molar-refractivity contribution in [3.05, 3.63) is 23.2 Å². The largest absolute Gasteiger partial charge is 0.495 e. The SMILES string of the molecule is COc1ccc(Cl)cc1NC(=O)N1CCC[C@]2(CN(C)C(=O)O2)C1. The molecule has 0 bridgehead atoms. The molecule has 0 saturated carbocycles. The van der Waals surface area contributed by atoms with E-state index in [1.807, 2.05) is 0 Å². The average molecular weight is 354 g/mol. The summed E-state index contributed by atoms with van der Waals surface area (Å²) in [6, 6.07) is 4.77. The highest BCUT2D eigenvalue weighted by Gasteiger charge is 2.47. The number of hydrogen-bond acceptors (Lipinski definition) is 4. The van der Waals surface area contributed by atoms with Gasteiger partial charge in [-0.15, -0.1) is 0 Å². The number of urea groups is 1. The van der Waals surface area contributed by atoms with Gasteiger partial charge in [-0.05, 0) is 31.0 Å². The summed E-state index contributed by atoms with van der Waals surface area (Å²) < 4.78 is 10.8. The predicted octanol–water partition coefficient (Wildman–Crippen LogP) is 2.80. The van der Waals surface area contributed by atoms with Gasteiger partial charge < -0.3 is 24.6 Å². The van der Waals surface area contributed by atoms with Crippen LogP contribution in [-0.4, -0.2) is 61.3 Å². The summed E-state index contributed by atoms with van der Waals surface area (Å²) in [5.41, 5.74) is -0.102. The van der Waals surface area contributed by atoms with Crippen LogP contribution in [0.4, 0.5) is 15.3 Å². The van der Waals surface area contributed by atoms with Crippen LogP contribution in [0.3, 0.4) is 0 Å². The summed E-state index contributed by atoms with van der Waals surface area (Å²) in [5.74, 6) is 0.534. The van der Waals surface area contributed by atoms with Gasteiger partial charge in [-0.3, -0.25) is 0 Å². The van der Waals surface area contributed by atoms with Crippen LogP contribution in [0, 0.1) is 0 Å². The second kappa shape index (κ2) is 6.39. The summed E-state index contributed by atoms with van der Waals surface area (Å²) >= 11 is 5.99. The molecule has 2 aliphatic rings. The van der Waals surface area contributed by atoms with Gasteiger partial charge in [0, 0.05) is 18.6 Å². The maximum absolute atomic E-state index is 12.6. The number of halogens is 1. The summed E-state index contributed by atoms with van der Waals surface area (Å²) in [7, 11) is 3.23. The Balaban J connectivity index is 1.72. The van der Waals surface area contributed by atoms with Crippen LogP contribution in [0.15, 0.2) is 18.2 Å². The van der Waals surface area contributed by atoms with Crippen LogP contribution in [0.5, 0.6) is 5.75 Å². The van der Waals surface area contributed by atoms with Gasteiger partial charge >= 0.3 is 12.1 Å². The third-order valence-corrected chi connectivity index (χ3v) is 4.61. The first-order valence-corrected chi connectivity index (χ1v) is 8.14. The van der Waals surface area contributed by atoms with Gasteiger partial charge in [0.25, 0.3) is 0 Å². The zero-order valence-electron chi connectivity index (χ0n) is 13.7. The van der Waals surface area contributed by atoms with E-state index in [4.69, 9.17) is 21.1 Å². The monoisotopic (exact) mass is 353 g/mol. The molecule has 3 rings (SSSR count). The van der Waals surface area contributed by atoms with Crippen LogP contribution in [0.25, 0.3) is 0 Å². The number of hydrogen-bond donors (Lipinski definition) is 1. The van der Waals surface area contributed by atoms with Crippen molar-refractivity contribution in [2.75, 3.05) is 39.1 Å². The molecule has 8 heteroatoms. The number of piperidine rings is 1. The molecule has 130 valence electrons. The molecule has 1 aromatic carbocycles. The molecule has 1 aromatic rings. The van der Waals surface area contributed by atoms with Crippen LogP contribution in [0.2, 0.25) is 5.02 Å². The standard InChI is InChI=1S/C16H20ClN3O4/c1-19-9-16(24-15(19)22)6-3-7-20(10-16)14(21)18-12-8-11(17)4-5-13(12)23-2/h4-5,8H,3,6-7,9-10H2,1-2H3,(H,18,21)/t16-/m0/s1. The molecule has 7 nitrogen and oxygen atoms in total. The molecule has 0 radical (unpaired) electrons. The minimum atomic E-state index is -0.611. The molecule has 1 atom stereocenters. The number of carbonyl (C=O) groups is 2. The number of anilines is 1. The first-order valence-electron chi connectivity index (χ1n) is 7.76. The number of likely N-dealkylation sites (tertiary alicyclic amines) is 1. The Morgan fingerprint density at radius 2 is 2.21 bits per heavy atom. The molecule has 24 heavy (non-hydrogen) atoms. The van der Waals surface area contributed by atoms with Gasteiger partial charge in [-0.2, -0.15) is 0 Å². The van der Waals surface area contributed by atoms with Crippen LogP contribution in [0.1, 0.15) is 12.8 Å². The van der Waals surface area contributed by atoms with E-state index in [0.717, 1.165) is 12.8 Å².